The largest absolute Gasteiger partial charge is 0.459 e. The van der Waals surface area contributed by atoms with Gasteiger partial charge >= 0.3 is 5.97 Å². The highest BCUT2D eigenvalue weighted by molar-refractivity contribution is 5.81. The predicted octanol–water partition coefficient (Wildman–Crippen LogP) is 2.46. The lowest BCUT2D eigenvalue weighted by atomic mass is 10.1. The van der Waals surface area contributed by atoms with Crippen LogP contribution in [0.1, 0.15) is 26.2 Å². The van der Waals surface area contributed by atoms with E-state index in [0.29, 0.717) is 6.42 Å². The van der Waals surface area contributed by atoms with Crippen molar-refractivity contribution in [1.29, 1.82) is 0 Å². The maximum absolute atomic E-state index is 10.8. The molecule has 0 fully saturated rings. The normalized spacial score (nSPS) is 11.8. The first-order chi connectivity index (χ1) is 5.74. The smallest absolute Gasteiger partial charge is 0.330 e. The quantitative estimate of drug-likeness (QED) is 0.346. The summed E-state index contributed by atoms with van der Waals surface area (Å²) in [4.78, 5) is 10.8. The van der Waals surface area contributed by atoms with Crippen LogP contribution in [0, 0.1) is 0 Å². The molecular formula is C10H16O2. The van der Waals surface area contributed by atoms with Crippen LogP contribution in [0.15, 0.2) is 25.3 Å². The van der Waals surface area contributed by atoms with Crippen molar-refractivity contribution in [2.45, 2.75) is 32.3 Å². The van der Waals surface area contributed by atoms with E-state index in [2.05, 4.69) is 20.1 Å². The average molecular weight is 168 g/mol. The van der Waals surface area contributed by atoms with Crippen molar-refractivity contribution in [2.75, 3.05) is 0 Å². The van der Waals surface area contributed by atoms with Crippen molar-refractivity contribution in [1.82, 2.24) is 0 Å². The number of carbonyl (C=O) groups excluding carboxylic acids is 1. The summed E-state index contributed by atoms with van der Waals surface area (Å²) in [6.07, 6.45) is 5.52. The van der Waals surface area contributed by atoms with Crippen LogP contribution in [0.4, 0.5) is 0 Å². The molecule has 0 heterocycles. The lowest BCUT2D eigenvalue weighted by Gasteiger charge is -2.13. The summed E-state index contributed by atoms with van der Waals surface area (Å²) in [6.45, 7) is 8.99. The third kappa shape index (κ3) is 4.72. The summed E-state index contributed by atoms with van der Waals surface area (Å²) in [7, 11) is 0. The zero-order chi connectivity index (χ0) is 9.40. The van der Waals surface area contributed by atoms with E-state index in [1.165, 1.54) is 6.08 Å². The maximum atomic E-state index is 10.8. The van der Waals surface area contributed by atoms with Crippen molar-refractivity contribution in [2.24, 2.45) is 0 Å². The van der Waals surface area contributed by atoms with Gasteiger partial charge in [-0.1, -0.05) is 26.0 Å². The Morgan fingerprint density at radius 2 is 2.25 bits per heavy atom. The standard InChI is InChI=1S/C10H16O2/c1-4-7-9(8-5-2)12-10(11)6-3/h4,6,9H,1,3,5,7-8H2,2H3/t9-/m1/s1. The molecule has 0 aromatic carbocycles. The van der Waals surface area contributed by atoms with Crippen molar-refractivity contribution < 1.29 is 9.53 Å². The molecule has 0 bridgehead atoms. The van der Waals surface area contributed by atoms with Crippen molar-refractivity contribution >= 4 is 5.97 Å². The topological polar surface area (TPSA) is 26.3 Å². The first-order valence-electron chi connectivity index (χ1n) is 4.18. The second-order valence-electron chi connectivity index (χ2n) is 2.58. The van der Waals surface area contributed by atoms with E-state index in [0.717, 1.165) is 12.8 Å². The van der Waals surface area contributed by atoms with Gasteiger partial charge < -0.3 is 4.74 Å². The van der Waals surface area contributed by atoms with E-state index in [-0.39, 0.29) is 12.1 Å². The number of hydrogen-bond acceptors (Lipinski definition) is 2. The summed E-state index contributed by atoms with van der Waals surface area (Å²) in [5.74, 6) is -0.352. The molecule has 0 aliphatic heterocycles. The minimum Gasteiger partial charge on any atom is -0.459 e. The van der Waals surface area contributed by atoms with Crippen LogP contribution in [0.3, 0.4) is 0 Å². The molecule has 0 radical (unpaired) electrons. The molecule has 68 valence electrons. The highest BCUT2D eigenvalue weighted by Gasteiger charge is 2.08. The van der Waals surface area contributed by atoms with Crippen LogP contribution in [0.25, 0.3) is 0 Å². The zero-order valence-electron chi connectivity index (χ0n) is 7.58. The molecule has 0 saturated heterocycles. The fraction of sp³-hybridized carbons (Fsp3) is 0.500. The molecule has 0 rings (SSSR count). The second-order valence-corrected chi connectivity index (χ2v) is 2.58. The summed E-state index contributed by atoms with van der Waals surface area (Å²) in [6, 6.07) is 0. The van der Waals surface area contributed by atoms with Gasteiger partial charge in [-0.25, -0.2) is 4.79 Å². The molecule has 0 spiro atoms. The van der Waals surface area contributed by atoms with Gasteiger partial charge in [0.2, 0.25) is 0 Å². The van der Waals surface area contributed by atoms with Crippen molar-refractivity contribution in [3.05, 3.63) is 25.3 Å². The van der Waals surface area contributed by atoms with E-state index in [4.69, 9.17) is 4.74 Å². The Hall–Kier alpha value is -1.05. The van der Waals surface area contributed by atoms with Gasteiger partial charge in [-0.2, -0.15) is 0 Å². The van der Waals surface area contributed by atoms with Crippen molar-refractivity contribution in [3.8, 4) is 0 Å². The van der Waals surface area contributed by atoms with Gasteiger partial charge in [0.15, 0.2) is 0 Å². The minimum absolute atomic E-state index is 0.0296. The summed E-state index contributed by atoms with van der Waals surface area (Å²) in [5.41, 5.74) is 0. The Kier molecular flexibility index (Phi) is 6.07. The van der Waals surface area contributed by atoms with Crippen LogP contribution in [-0.4, -0.2) is 12.1 Å². The van der Waals surface area contributed by atoms with Gasteiger partial charge in [0, 0.05) is 12.5 Å². The van der Waals surface area contributed by atoms with Gasteiger partial charge in [0.1, 0.15) is 6.10 Å². The Bertz CT molecular complexity index is 161. The molecule has 1 atom stereocenters. The molecule has 2 nitrogen and oxygen atoms in total. The monoisotopic (exact) mass is 168 g/mol. The minimum atomic E-state index is -0.352. The molecule has 0 aliphatic carbocycles. The fourth-order valence-corrected chi connectivity index (χ4v) is 0.945. The summed E-state index contributed by atoms with van der Waals surface area (Å²) >= 11 is 0. The molecule has 0 aromatic rings. The maximum Gasteiger partial charge on any atom is 0.330 e. The number of esters is 1. The Labute approximate surface area is 73.9 Å². The fourth-order valence-electron chi connectivity index (χ4n) is 0.945. The number of rotatable bonds is 6. The van der Waals surface area contributed by atoms with Gasteiger partial charge in [-0.05, 0) is 6.42 Å². The Morgan fingerprint density at radius 1 is 1.58 bits per heavy atom. The Morgan fingerprint density at radius 3 is 2.67 bits per heavy atom. The number of carbonyl (C=O) groups is 1. The average Bonchev–Trinajstić information content (AvgIpc) is 2.05. The summed E-state index contributed by atoms with van der Waals surface area (Å²) in [5, 5.41) is 0. The van der Waals surface area contributed by atoms with Crippen molar-refractivity contribution in [3.63, 3.8) is 0 Å². The second kappa shape index (κ2) is 6.65. The van der Waals surface area contributed by atoms with Crippen LogP contribution in [0.2, 0.25) is 0 Å². The molecule has 12 heavy (non-hydrogen) atoms. The van der Waals surface area contributed by atoms with E-state index in [1.807, 2.05) is 0 Å². The third-order valence-electron chi connectivity index (χ3n) is 1.49. The highest BCUT2D eigenvalue weighted by atomic mass is 16.5. The van der Waals surface area contributed by atoms with E-state index < -0.39 is 0 Å². The SMILES string of the molecule is C=CC[C@H](CCC)OC(=O)C=C. The molecule has 2 heteroatoms. The zero-order valence-corrected chi connectivity index (χ0v) is 7.58. The van der Waals surface area contributed by atoms with Crippen LogP contribution >= 0.6 is 0 Å². The molecule has 0 saturated carbocycles. The summed E-state index contributed by atoms with van der Waals surface area (Å²) < 4.78 is 5.05. The number of hydrogen-bond donors (Lipinski definition) is 0. The van der Waals surface area contributed by atoms with E-state index in [1.54, 1.807) is 6.08 Å². The predicted molar refractivity (Wildman–Crippen MR) is 49.8 cm³/mol. The highest BCUT2D eigenvalue weighted by Crippen LogP contribution is 2.07. The molecule has 0 aliphatic rings. The van der Waals surface area contributed by atoms with Gasteiger partial charge in [0.05, 0.1) is 0 Å². The first-order valence-corrected chi connectivity index (χ1v) is 4.18. The molecule has 0 amide bonds. The van der Waals surface area contributed by atoms with E-state index >= 15 is 0 Å². The van der Waals surface area contributed by atoms with Gasteiger partial charge in [-0.15, -0.1) is 6.58 Å². The Balaban J connectivity index is 3.83. The van der Waals surface area contributed by atoms with Crippen LogP contribution in [-0.2, 0) is 9.53 Å². The van der Waals surface area contributed by atoms with E-state index in [9.17, 15) is 4.79 Å². The third-order valence-corrected chi connectivity index (χ3v) is 1.49. The van der Waals surface area contributed by atoms with Gasteiger partial charge in [-0.3, -0.25) is 0 Å². The molecular weight excluding hydrogens is 152 g/mol. The van der Waals surface area contributed by atoms with Gasteiger partial charge in [0.25, 0.3) is 0 Å². The first kappa shape index (κ1) is 11.0. The molecule has 0 N–H and O–H groups in total. The lowest BCUT2D eigenvalue weighted by molar-refractivity contribution is -0.143. The van der Waals surface area contributed by atoms with Crippen LogP contribution < -0.4 is 0 Å². The van der Waals surface area contributed by atoms with Crippen LogP contribution in [0.5, 0.6) is 0 Å². The molecule has 0 aromatic heterocycles. The molecule has 0 unspecified atom stereocenters. The lowest BCUT2D eigenvalue weighted by Crippen LogP contribution is -2.15. The number of ether oxygens (including phenoxy) is 1.